The number of nitrogens with two attached hydrogens (primary N) is 2. The third kappa shape index (κ3) is 4.64. The first kappa shape index (κ1) is 19.8. The molecule has 8 nitrogen and oxygen atoms in total. The molecule has 3 rings (SSSR count). The maximum absolute atomic E-state index is 13.2. The third-order valence-electron chi connectivity index (χ3n) is 5.34. The maximum Gasteiger partial charge on any atom is 0.253 e. The van der Waals surface area contributed by atoms with E-state index in [1.807, 2.05) is 0 Å². The van der Waals surface area contributed by atoms with Crippen LogP contribution in [0.4, 0.5) is 10.1 Å². The number of amides is 1. The lowest BCUT2D eigenvalue weighted by molar-refractivity contribution is -0.114. The molecule has 2 heterocycles. The van der Waals surface area contributed by atoms with Crippen LogP contribution in [0.25, 0.3) is 0 Å². The first-order valence-corrected chi connectivity index (χ1v) is 9.33. The molecule has 1 aliphatic carbocycles. The van der Waals surface area contributed by atoms with Crippen molar-refractivity contribution in [3.63, 3.8) is 0 Å². The fraction of sp³-hybridized carbons (Fsp3) is 0.474. The van der Waals surface area contributed by atoms with Crippen LogP contribution in [0, 0.1) is 23.2 Å². The summed E-state index contributed by atoms with van der Waals surface area (Å²) in [5, 5.41) is 12.7. The molecule has 1 aromatic heterocycles. The number of carbonyl (C=O) groups excluding carboxylic acids is 1. The van der Waals surface area contributed by atoms with Crippen LogP contribution in [0.15, 0.2) is 35.1 Å². The Morgan fingerprint density at radius 2 is 2.21 bits per heavy atom. The zero-order valence-corrected chi connectivity index (χ0v) is 15.5. The SMILES string of the molecule is N#C[C@H]1C[C@@H](N2CCC2)CC[C@@H]1N/C=C(/C(N)=O)C(N)=Nc1ccnc(F)c1. The van der Waals surface area contributed by atoms with Crippen LogP contribution in [0.1, 0.15) is 25.7 Å². The second kappa shape index (κ2) is 8.80. The fourth-order valence-electron chi connectivity index (χ4n) is 3.65. The molecule has 28 heavy (non-hydrogen) atoms. The summed E-state index contributed by atoms with van der Waals surface area (Å²) in [6.45, 7) is 2.21. The molecule has 5 N–H and O–H groups in total. The van der Waals surface area contributed by atoms with Gasteiger partial charge in [-0.25, -0.2) is 9.98 Å². The van der Waals surface area contributed by atoms with Gasteiger partial charge in [-0.15, -0.1) is 0 Å². The highest BCUT2D eigenvalue weighted by Crippen LogP contribution is 2.30. The number of nitrogens with zero attached hydrogens (tertiary/aromatic N) is 4. The molecule has 0 unspecified atom stereocenters. The van der Waals surface area contributed by atoms with Gasteiger partial charge < -0.3 is 21.7 Å². The molecule has 1 saturated heterocycles. The second-order valence-electron chi connectivity index (χ2n) is 7.12. The molecule has 1 aliphatic heterocycles. The van der Waals surface area contributed by atoms with Crippen molar-refractivity contribution in [1.82, 2.24) is 15.2 Å². The number of halogens is 1. The van der Waals surface area contributed by atoms with Crippen molar-refractivity contribution < 1.29 is 9.18 Å². The Morgan fingerprint density at radius 3 is 2.82 bits per heavy atom. The molecule has 0 spiro atoms. The van der Waals surface area contributed by atoms with E-state index >= 15 is 0 Å². The Morgan fingerprint density at radius 1 is 1.43 bits per heavy atom. The summed E-state index contributed by atoms with van der Waals surface area (Å²) >= 11 is 0. The number of aromatic nitrogens is 1. The van der Waals surface area contributed by atoms with Crippen LogP contribution in [0.5, 0.6) is 0 Å². The number of carbonyl (C=O) groups is 1. The maximum atomic E-state index is 13.2. The quantitative estimate of drug-likeness (QED) is 0.289. The highest BCUT2D eigenvalue weighted by Gasteiger charge is 2.34. The summed E-state index contributed by atoms with van der Waals surface area (Å²) < 4.78 is 13.2. The first-order chi connectivity index (χ1) is 13.5. The van der Waals surface area contributed by atoms with E-state index in [0.29, 0.717) is 6.04 Å². The largest absolute Gasteiger partial charge is 0.386 e. The monoisotopic (exact) mass is 385 g/mol. The minimum Gasteiger partial charge on any atom is -0.386 e. The number of pyridine rings is 1. The minimum absolute atomic E-state index is 0.0150. The number of nitriles is 1. The van der Waals surface area contributed by atoms with E-state index in [-0.39, 0.29) is 29.1 Å². The van der Waals surface area contributed by atoms with E-state index in [4.69, 9.17) is 11.5 Å². The number of hydrogen-bond acceptors (Lipinski definition) is 6. The van der Waals surface area contributed by atoms with Crippen LogP contribution < -0.4 is 16.8 Å². The average molecular weight is 385 g/mol. The van der Waals surface area contributed by atoms with Crippen LogP contribution in [0.3, 0.4) is 0 Å². The molecule has 1 saturated carbocycles. The van der Waals surface area contributed by atoms with E-state index in [9.17, 15) is 14.4 Å². The number of amidine groups is 1. The zero-order valence-electron chi connectivity index (χ0n) is 15.5. The lowest BCUT2D eigenvalue weighted by atomic mass is 9.81. The number of primary amides is 1. The van der Waals surface area contributed by atoms with E-state index in [2.05, 4.69) is 26.3 Å². The summed E-state index contributed by atoms with van der Waals surface area (Å²) in [6.07, 6.45) is 6.50. The van der Waals surface area contributed by atoms with Crippen molar-refractivity contribution in [2.45, 2.75) is 37.8 Å². The van der Waals surface area contributed by atoms with E-state index in [1.165, 1.54) is 24.9 Å². The van der Waals surface area contributed by atoms with Gasteiger partial charge in [-0.2, -0.15) is 9.65 Å². The Balaban J connectivity index is 1.70. The molecule has 2 fully saturated rings. The lowest BCUT2D eigenvalue weighted by Crippen LogP contribution is -2.50. The van der Waals surface area contributed by atoms with E-state index < -0.39 is 11.9 Å². The molecule has 3 atom stereocenters. The van der Waals surface area contributed by atoms with Gasteiger partial charge in [-0.3, -0.25) is 4.79 Å². The van der Waals surface area contributed by atoms with Crippen molar-refractivity contribution in [2.75, 3.05) is 13.1 Å². The molecule has 2 aliphatic rings. The highest BCUT2D eigenvalue weighted by molar-refractivity contribution is 6.20. The number of likely N-dealkylation sites (tertiary alicyclic amines) is 1. The molecule has 0 aromatic carbocycles. The molecule has 148 valence electrons. The van der Waals surface area contributed by atoms with Gasteiger partial charge in [0.25, 0.3) is 5.91 Å². The van der Waals surface area contributed by atoms with Crippen molar-refractivity contribution in [1.29, 1.82) is 5.26 Å². The summed E-state index contributed by atoms with van der Waals surface area (Å²) in [6, 6.07) is 5.29. The van der Waals surface area contributed by atoms with Crippen LogP contribution >= 0.6 is 0 Å². The predicted octanol–water partition coefficient (Wildman–Crippen LogP) is 0.935. The molecular weight excluding hydrogens is 361 g/mol. The van der Waals surface area contributed by atoms with Gasteiger partial charge >= 0.3 is 0 Å². The van der Waals surface area contributed by atoms with Gasteiger partial charge in [0.15, 0.2) is 0 Å². The zero-order chi connectivity index (χ0) is 20.1. The van der Waals surface area contributed by atoms with E-state index in [1.54, 1.807) is 0 Å². The Labute approximate surface area is 163 Å². The van der Waals surface area contributed by atoms with Gasteiger partial charge in [0.2, 0.25) is 5.95 Å². The van der Waals surface area contributed by atoms with Gasteiger partial charge in [-0.05, 0) is 44.8 Å². The van der Waals surface area contributed by atoms with Crippen molar-refractivity contribution in [2.24, 2.45) is 22.4 Å². The number of hydrogen-bond donors (Lipinski definition) is 3. The summed E-state index contributed by atoms with van der Waals surface area (Å²) in [5.41, 5.74) is 11.5. The standard InChI is InChI=1S/C19H24FN7O/c20-17-9-13(4-5-24-17)26-18(22)15(19(23)28)11-25-16-3-2-14(8-12(16)10-21)27-6-1-7-27/h4-5,9,11-12,14,16,25H,1-3,6-8H2,(H2,23,28)(H2,22,24,26)/b15-11+/t12-,14+,16+/m1/s1. The minimum atomic E-state index is -0.758. The van der Waals surface area contributed by atoms with Crippen molar-refractivity contribution >= 4 is 17.4 Å². The number of rotatable bonds is 6. The van der Waals surface area contributed by atoms with Crippen LogP contribution in [0.2, 0.25) is 0 Å². The highest BCUT2D eigenvalue weighted by atomic mass is 19.1. The van der Waals surface area contributed by atoms with Crippen molar-refractivity contribution in [3.05, 3.63) is 36.1 Å². The molecule has 1 aromatic rings. The van der Waals surface area contributed by atoms with Crippen LogP contribution in [-0.4, -0.2) is 46.8 Å². The predicted molar refractivity (Wildman–Crippen MR) is 103 cm³/mol. The van der Waals surface area contributed by atoms with Crippen LogP contribution in [-0.2, 0) is 4.79 Å². The van der Waals surface area contributed by atoms with Gasteiger partial charge in [0.1, 0.15) is 5.84 Å². The molecule has 9 heteroatoms. The van der Waals surface area contributed by atoms with Gasteiger partial charge in [-0.1, -0.05) is 0 Å². The Bertz CT molecular complexity index is 828. The molecule has 0 bridgehead atoms. The molecular formula is C19H24FN7O. The van der Waals surface area contributed by atoms with Gasteiger partial charge in [0, 0.05) is 30.5 Å². The third-order valence-corrected chi connectivity index (χ3v) is 5.34. The summed E-state index contributed by atoms with van der Waals surface area (Å²) in [4.78, 5) is 21.7. The first-order valence-electron chi connectivity index (χ1n) is 9.33. The smallest absolute Gasteiger partial charge is 0.253 e. The van der Waals surface area contributed by atoms with Gasteiger partial charge in [0.05, 0.1) is 23.2 Å². The Kier molecular flexibility index (Phi) is 6.21. The second-order valence-corrected chi connectivity index (χ2v) is 7.12. The summed E-state index contributed by atoms with van der Waals surface area (Å²) in [7, 11) is 0. The van der Waals surface area contributed by atoms with Crippen molar-refractivity contribution in [3.8, 4) is 6.07 Å². The number of aliphatic imine (C=N–C) groups is 1. The van der Waals surface area contributed by atoms with E-state index in [0.717, 1.165) is 38.4 Å². The normalized spacial score (nSPS) is 26.2. The Hall–Kier alpha value is -2.99. The topological polar surface area (TPSA) is 133 Å². The molecule has 1 amide bonds. The lowest BCUT2D eigenvalue weighted by Gasteiger charge is -2.43. The number of nitrogens with one attached hydrogen (secondary N) is 1. The average Bonchev–Trinajstić information content (AvgIpc) is 2.61. The fourth-order valence-corrected chi connectivity index (χ4v) is 3.65. The summed E-state index contributed by atoms with van der Waals surface area (Å²) in [5.74, 6) is -1.76. The molecule has 0 radical (unpaired) electrons.